The van der Waals surface area contributed by atoms with Crippen molar-refractivity contribution in [3.8, 4) is 0 Å². The number of carboxylic acid groups (broad SMARTS) is 1. The Hall–Kier alpha value is -1.32. The van der Waals surface area contributed by atoms with Crippen molar-refractivity contribution in [3.05, 3.63) is 12.2 Å². The molecule has 0 aromatic rings. The van der Waals surface area contributed by atoms with Gasteiger partial charge in [-0.05, 0) is 31.6 Å². The summed E-state index contributed by atoms with van der Waals surface area (Å²) in [5.74, 6) is -1.29. The SMILES string of the molecule is CCCCCCC=CCC(CC(=O)OCCC1CCCCC1)C(=O)O. The van der Waals surface area contributed by atoms with Crippen LogP contribution in [0.5, 0.6) is 0 Å². The maximum Gasteiger partial charge on any atom is 0.307 e. The summed E-state index contributed by atoms with van der Waals surface area (Å²) in [6.07, 6.45) is 17.4. The summed E-state index contributed by atoms with van der Waals surface area (Å²) in [7, 11) is 0. The predicted molar refractivity (Wildman–Crippen MR) is 100 cm³/mol. The van der Waals surface area contributed by atoms with Crippen LogP contribution in [0, 0.1) is 11.8 Å². The van der Waals surface area contributed by atoms with E-state index in [0.29, 0.717) is 18.9 Å². The van der Waals surface area contributed by atoms with Crippen LogP contribution in [0.1, 0.15) is 90.4 Å². The van der Waals surface area contributed by atoms with Crippen molar-refractivity contribution in [2.45, 2.75) is 90.4 Å². The molecular formula is C21H36O4. The molecule has 1 N–H and O–H groups in total. The maximum absolute atomic E-state index is 11.9. The minimum Gasteiger partial charge on any atom is -0.481 e. The van der Waals surface area contributed by atoms with Crippen molar-refractivity contribution >= 4 is 11.9 Å². The fourth-order valence-electron chi connectivity index (χ4n) is 3.41. The number of carboxylic acids is 1. The van der Waals surface area contributed by atoms with Crippen LogP contribution < -0.4 is 0 Å². The third kappa shape index (κ3) is 11.0. The molecule has 1 aliphatic carbocycles. The van der Waals surface area contributed by atoms with Gasteiger partial charge in [0.1, 0.15) is 0 Å². The number of unbranched alkanes of at least 4 members (excludes halogenated alkanes) is 4. The van der Waals surface area contributed by atoms with Gasteiger partial charge in [-0.3, -0.25) is 9.59 Å². The smallest absolute Gasteiger partial charge is 0.307 e. The Bertz CT molecular complexity index is 397. The fraction of sp³-hybridized carbons (Fsp3) is 0.810. The number of rotatable bonds is 13. The summed E-state index contributed by atoms with van der Waals surface area (Å²) in [6.45, 7) is 2.62. The number of esters is 1. The van der Waals surface area contributed by atoms with E-state index in [1.165, 1.54) is 51.4 Å². The first-order valence-corrected chi connectivity index (χ1v) is 10.2. The van der Waals surface area contributed by atoms with Gasteiger partial charge in [0.2, 0.25) is 0 Å². The fourth-order valence-corrected chi connectivity index (χ4v) is 3.41. The summed E-state index contributed by atoms with van der Waals surface area (Å²) in [5.41, 5.74) is 0. The molecular weight excluding hydrogens is 316 g/mol. The highest BCUT2D eigenvalue weighted by atomic mass is 16.5. The molecule has 25 heavy (non-hydrogen) atoms. The summed E-state index contributed by atoms with van der Waals surface area (Å²) in [5, 5.41) is 9.28. The van der Waals surface area contributed by atoms with E-state index in [9.17, 15) is 14.7 Å². The lowest BCUT2D eigenvalue weighted by atomic mass is 9.87. The van der Waals surface area contributed by atoms with Crippen LogP contribution in [0.15, 0.2) is 12.2 Å². The molecule has 1 saturated carbocycles. The molecule has 0 aromatic heterocycles. The molecule has 1 rings (SSSR count). The lowest BCUT2D eigenvalue weighted by Crippen LogP contribution is -2.20. The number of aliphatic carboxylic acids is 1. The molecule has 0 spiro atoms. The van der Waals surface area contributed by atoms with Crippen LogP contribution in [0.25, 0.3) is 0 Å². The molecule has 144 valence electrons. The number of hydrogen-bond acceptors (Lipinski definition) is 3. The Morgan fingerprint density at radius 2 is 1.88 bits per heavy atom. The topological polar surface area (TPSA) is 63.6 Å². The van der Waals surface area contributed by atoms with Gasteiger partial charge < -0.3 is 9.84 Å². The number of carbonyl (C=O) groups excluding carboxylic acids is 1. The van der Waals surface area contributed by atoms with Crippen molar-refractivity contribution < 1.29 is 19.4 Å². The van der Waals surface area contributed by atoms with E-state index in [1.54, 1.807) is 0 Å². The molecule has 4 heteroatoms. The van der Waals surface area contributed by atoms with Gasteiger partial charge in [0.05, 0.1) is 18.9 Å². The normalized spacial score (nSPS) is 16.8. The van der Waals surface area contributed by atoms with Crippen molar-refractivity contribution in [1.82, 2.24) is 0 Å². The molecule has 1 aliphatic rings. The Labute approximate surface area is 153 Å². The molecule has 0 saturated heterocycles. The number of allylic oxidation sites excluding steroid dienone is 2. The van der Waals surface area contributed by atoms with Gasteiger partial charge in [-0.25, -0.2) is 0 Å². The summed E-state index contributed by atoms with van der Waals surface area (Å²) >= 11 is 0. The third-order valence-corrected chi connectivity index (χ3v) is 5.09. The number of hydrogen-bond donors (Lipinski definition) is 1. The van der Waals surface area contributed by atoms with Crippen LogP contribution in [0.4, 0.5) is 0 Å². The molecule has 4 nitrogen and oxygen atoms in total. The number of ether oxygens (including phenoxy) is 1. The van der Waals surface area contributed by atoms with Crippen LogP contribution in [-0.4, -0.2) is 23.7 Å². The van der Waals surface area contributed by atoms with Gasteiger partial charge in [-0.1, -0.05) is 70.4 Å². The molecule has 0 heterocycles. The zero-order valence-electron chi connectivity index (χ0n) is 15.9. The van der Waals surface area contributed by atoms with Crippen molar-refractivity contribution in [3.63, 3.8) is 0 Å². The van der Waals surface area contributed by atoms with E-state index < -0.39 is 11.9 Å². The van der Waals surface area contributed by atoms with Gasteiger partial charge in [-0.15, -0.1) is 0 Å². The van der Waals surface area contributed by atoms with E-state index >= 15 is 0 Å². The highest BCUT2D eigenvalue weighted by molar-refractivity contribution is 5.78. The molecule has 0 aliphatic heterocycles. The zero-order chi connectivity index (χ0) is 18.3. The summed E-state index contributed by atoms with van der Waals surface area (Å²) < 4.78 is 5.27. The molecule has 0 aromatic carbocycles. The average molecular weight is 353 g/mol. The lowest BCUT2D eigenvalue weighted by molar-refractivity contribution is -0.151. The minimum atomic E-state index is -0.917. The number of carbonyl (C=O) groups is 2. The second-order valence-corrected chi connectivity index (χ2v) is 7.31. The largest absolute Gasteiger partial charge is 0.481 e. The Morgan fingerprint density at radius 3 is 2.56 bits per heavy atom. The quantitative estimate of drug-likeness (QED) is 0.270. The molecule has 1 fully saturated rings. The standard InChI is InChI=1S/C21H36O4/c1-2-3-4-5-6-7-11-14-19(21(23)24)17-20(22)25-16-15-18-12-9-8-10-13-18/h7,11,18-19H,2-6,8-10,12-17H2,1H3,(H,23,24). The predicted octanol–water partition coefficient (Wildman–Crippen LogP) is 5.51. The van der Waals surface area contributed by atoms with Gasteiger partial charge in [0.15, 0.2) is 0 Å². The van der Waals surface area contributed by atoms with Crippen LogP contribution >= 0.6 is 0 Å². The van der Waals surface area contributed by atoms with Crippen LogP contribution in [0.2, 0.25) is 0 Å². The highest BCUT2D eigenvalue weighted by Gasteiger charge is 2.21. The summed E-state index contributed by atoms with van der Waals surface area (Å²) in [4.78, 5) is 23.2. The first-order valence-electron chi connectivity index (χ1n) is 10.2. The second-order valence-electron chi connectivity index (χ2n) is 7.31. The van der Waals surface area contributed by atoms with Crippen LogP contribution in [0.3, 0.4) is 0 Å². The maximum atomic E-state index is 11.9. The minimum absolute atomic E-state index is 0.0276. The lowest BCUT2D eigenvalue weighted by Gasteiger charge is -2.21. The third-order valence-electron chi connectivity index (χ3n) is 5.09. The van der Waals surface area contributed by atoms with Crippen molar-refractivity contribution in [2.24, 2.45) is 11.8 Å². The molecule has 0 amide bonds. The Balaban J connectivity index is 2.18. The average Bonchev–Trinajstić information content (AvgIpc) is 2.60. The van der Waals surface area contributed by atoms with Crippen molar-refractivity contribution in [2.75, 3.05) is 6.61 Å². The zero-order valence-corrected chi connectivity index (χ0v) is 15.9. The molecule has 1 atom stereocenters. The van der Waals surface area contributed by atoms with E-state index in [4.69, 9.17) is 4.74 Å². The van der Waals surface area contributed by atoms with E-state index in [1.807, 2.05) is 12.2 Å². The first kappa shape index (κ1) is 21.7. The molecule has 0 bridgehead atoms. The monoisotopic (exact) mass is 352 g/mol. The first-order chi connectivity index (χ1) is 12.1. The Morgan fingerprint density at radius 1 is 1.12 bits per heavy atom. The van der Waals surface area contributed by atoms with Gasteiger partial charge >= 0.3 is 11.9 Å². The van der Waals surface area contributed by atoms with Gasteiger partial charge in [0, 0.05) is 0 Å². The Kier molecular flexibility index (Phi) is 12.1. The van der Waals surface area contributed by atoms with Gasteiger partial charge in [0.25, 0.3) is 0 Å². The van der Waals surface area contributed by atoms with Gasteiger partial charge in [-0.2, -0.15) is 0 Å². The molecule has 0 radical (unpaired) electrons. The highest BCUT2D eigenvalue weighted by Crippen LogP contribution is 2.26. The van der Waals surface area contributed by atoms with E-state index in [-0.39, 0.29) is 12.4 Å². The van der Waals surface area contributed by atoms with E-state index in [2.05, 4.69) is 6.92 Å². The van der Waals surface area contributed by atoms with Crippen molar-refractivity contribution in [1.29, 1.82) is 0 Å². The molecule has 1 unspecified atom stereocenters. The second kappa shape index (κ2) is 13.9. The van der Waals surface area contributed by atoms with Crippen LogP contribution in [-0.2, 0) is 14.3 Å². The summed E-state index contributed by atoms with van der Waals surface area (Å²) in [6, 6.07) is 0. The van der Waals surface area contributed by atoms with E-state index in [0.717, 1.165) is 19.3 Å².